The fourth-order valence-electron chi connectivity index (χ4n) is 4.02. The summed E-state index contributed by atoms with van der Waals surface area (Å²) in [5.74, 6) is 0.556. The van der Waals surface area contributed by atoms with Crippen LogP contribution in [0.3, 0.4) is 0 Å². The summed E-state index contributed by atoms with van der Waals surface area (Å²) in [4.78, 5) is 22.1. The second-order valence-electron chi connectivity index (χ2n) is 6.99. The number of ether oxygens (including phenoxy) is 1. The molecule has 1 amide bonds. The molecule has 2 atom stereocenters. The molecule has 2 aromatic heterocycles. The molecule has 0 N–H and O–H groups in total. The van der Waals surface area contributed by atoms with Gasteiger partial charge in [-0.2, -0.15) is 5.10 Å². The molecule has 0 aromatic carbocycles. The van der Waals surface area contributed by atoms with Gasteiger partial charge in [0, 0.05) is 44.1 Å². The lowest BCUT2D eigenvalue weighted by atomic mass is 9.99. The molecule has 2 saturated heterocycles. The van der Waals surface area contributed by atoms with Gasteiger partial charge >= 0.3 is 0 Å². The van der Waals surface area contributed by atoms with Crippen LogP contribution < -0.4 is 0 Å². The van der Waals surface area contributed by atoms with Crippen LogP contribution in [0.25, 0.3) is 5.65 Å². The van der Waals surface area contributed by atoms with Crippen LogP contribution in [0.4, 0.5) is 0 Å². The maximum atomic E-state index is 13.1. The summed E-state index contributed by atoms with van der Waals surface area (Å²) < 4.78 is 7.15. The van der Waals surface area contributed by atoms with E-state index < -0.39 is 0 Å². The summed E-state index contributed by atoms with van der Waals surface area (Å²) in [5.41, 5.74) is 2.13. The molecular formula is C18H25N5O2. The summed E-state index contributed by atoms with van der Waals surface area (Å²) in [6.07, 6.45) is 4.58. The third-order valence-electron chi connectivity index (χ3n) is 5.47. The molecule has 2 fully saturated rings. The molecule has 7 nitrogen and oxygen atoms in total. The van der Waals surface area contributed by atoms with Gasteiger partial charge in [-0.25, -0.2) is 9.50 Å². The minimum atomic E-state index is 0.0438. The van der Waals surface area contributed by atoms with E-state index >= 15 is 0 Å². The fourth-order valence-corrected chi connectivity index (χ4v) is 4.02. The highest BCUT2D eigenvalue weighted by molar-refractivity contribution is 5.99. The Labute approximate surface area is 147 Å². The van der Waals surface area contributed by atoms with Gasteiger partial charge in [-0.3, -0.25) is 9.69 Å². The zero-order valence-electron chi connectivity index (χ0n) is 14.9. The highest BCUT2D eigenvalue weighted by Crippen LogP contribution is 2.27. The number of amides is 1. The van der Waals surface area contributed by atoms with E-state index in [0.717, 1.165) is 51.5 Å². The lowest BCUT2D eigenvalue weighted by Crippen LogP contribution is -2.47. The van der Waals surface area contributed by atoms with E-state index in [4.69, 9.17) is 4.74 Å². The van der Waals surface area contributed by atoms with Gasteiger partial charge in [-0.1, -0.05) is 13.3 Å². The van der Waals surface area contributed by atoms with Crippen LogP contribution in [0.1, 0.15) is 29.4 Å². The Hall–Kier alpha value is -1.99. The monoisotopic (exact) mass is 343 g/mol. The number of aromatic nitrogens is 3. The number of fused-ring (bicyclic) bond motifs is 1. The van der Waals surface area contributed by atoms with Crippen molar-refractivity contribution in [2.24, 2.45) is 5.92 Å². The van der Waals surface area contributed by atoms with Gasteiger partial charge in [-0.15, -0.1) is 0 Å². The molecule has 134 valence electrons. The van der Waals surface area contributed by atoms with Crippen LogP contribution >= 0.6 is 0 Å². The van der Waals surface area contributed by atoms with E-state index in [-0.39, 0.29) is 5.91 Å². The number of nitrogens with zero attached hydrogens (tertiary/aromatic N) is 5. The Balaban J connectivity index is 1.56. The van der Waals surface area contributed by atoms with Crippen molar-refractivity contribution in [2.45, 2.75) is 26.3 Å². The molecule has 4 rings (SSSR count). The summed E-state index contributed by atoms with van der Waals surface area (Å²) in [6.45, 7) is 9.23. The molecular weight excluding hydrogens is 318 g/mol. The number of likely N-dealkylation sites (tertiary alicyclic amines) is 1. The van der Waals surface area contributed by atoms with Gasteiger partial charge in [0.2, 0.25) is 0 Å². The van der Waals surface area contributed by atoms with Crippen molar-refractivity contribution in [3.05, 3.63) is 29.7 Å². The van der Waals surface area contributed by atoms with E-state index in [2.05, 4.69) is 21.9 Å². The first kappa shape index (κ1) is 16.5. The summed E-state index contributed by atoms with van der Waals surface area (Å²) in [5, 5.41) is 4.28. The zero-order valence-corrected chi connectivity index (χ0v) is 14.9. The molecule has 2 aromatic rings. The number of carbonyl (C=O) groups excluding carboxylic acids is 1. The molecule has 0 aliphatic carbocycles. The summed E-state index contributed by atoms with van der Waals surface area (Å²) in [6, 6.07) is 2.32. The molecule has 0 unspecified atom stereocenters. The van der Waals surface area contributed by atoms with Gasteiger partial charge in [-0.05, 0) is 18.9 Å². The topological polar surface area (TPSA) is 63.0 Å². The first-order chi connectivity index (χ1) is 12.2. The smallest absolute Gasteiger partial charge is 0.259 e. The van der Waals surface area contributed by atoms with Crippen LogP contribution in [0.5, 0.6) is 0 Å². The second kappa shape index (κ2) is 6.72. The van der Waals surface area contributed by atoms with Crippen molar-refractivity contribution in [3.8, 4) is 0 Å². The van der Waals surface area contributed by atoms with Crippen LogP contribution in [-0.4, -0.2) is 75.7 Å². The largest absolute Gasteiger partial charge is 0.379 e. The first-order valence-electron chi connectivity index (χ1n) is 9.09. The Kier molecular flexibility index (Phi) is 4.43. The van der Waals surface area contributed by atoms with E-state index in [9.17, 15) is 4.79 Å². The molecule has 25 heavy (non-hydrogen) atoms. The molecule has 2 aliphatic rings. The molecule has 0 saturated carbocycles. The maximum Gasteiger partial charge on any atom is 0.259 e. The number of morpholine rings is 1. The van der Waals surface area contributed by atoms with Crippen LogP contribution in [0.2, 0.25) is 0 Å². The number of hydrogen-bond acceptors (Lipinski definition) is 5. The molecule has 7 heteroatoms. The zero-order chi connectivity index (χ0) is 17.4. The van der Waals surface area contributed by atoms with Crippen LogP contribution in [-0.2, 0) is 4.74 Å². The van der Waals surface area contributed by atoms with Crippen molar-refractivity contribution in [2.75, 3.05) is 39.4 Å². The van der Waals surface area contributed by atoms with Crippen molar-refractivity contribution in [1.82, 2.24) is 24.4 Å². The average molecular weight is 343 g/mol. The van der Waals surface area contributed by atoms with Crippen molar-refractivity contribution in [1.29, 1.82) is 0 Å². The lowest BCUT2D eigenvalue weighted by Gasteiger charge is -2.34. The Morgan fingerprint density at radius 3 is 2.88 bits per heavy atom. The van der Waals surface area contributed by atoms with E-state index in [1.807, 2.05) is 24.1 Å². The van der Waals surface area contributed by atoms with Gasteiger partial charge < -0.3 is 9.64 Å². The van der Waals surface area contributed by atoms with Crippen molar-refractivity contribution < 1.29 is 9.53 Å². The number of carbonyl (C=O) groups is 1. The fraction of sp³-hybridized carbons (Fsp3) is 0.611. The minimum Gasteiger partial charge on any atom is -0.379 e. The van der Waals surface area contributed by atoms with Gasteiger partial charge in [0.25, 0.3) is 5.91 Å². The predicted molar refractivity (Wildman–Crippen MR) is 93.6 cm³/mol. The molecule has 2 aliphatic heterocycles. The first-order valence-corrected chi connectivity index (χ1v) is 9.09. The number of rotatable bonds is 3. The van der Waals surface area contributed by atoms with Crippen molar-refractivity contribution >= 4 is 11.6 Å². The molecule has 0 bridgehead atoms. The van der Waals surface area contributed by atoms with Crippen molar-refractivity contribution in [3.63, 3.8) is 0 Å². The second-order valence-corrected chi connectivity index (χ2v) is 6.99. The predicted octanol–water partition coefficient (Wildman–Crippen LogP) is 1.22. The Morgan fingerprint density at radius 1 is 1.32 bits per heavy atom. The van der Waals surface area contributed by atoms with Gasteiger partial charge in [0.05, 0.1) is 19.4 Å². The van der Waals surface area contributed by atoms with Crippen LogP contribution in [0.15, 0.2) is 18.5 Å². The average Bonchev–Trinajstić information content (AvgIpc) is 3.25. The van der Waals surface area contributed by atoms with Gasteiger partial charge in [0.15, 0.2) is 5.65 Å². The highest BCUT2D eigenvalue weighted by atomic mass is 16.5. The minimum absolute atomic E-state index is 0.0438. The van der Waals surface area contributed by atoms with Gasteiger partial charge in [0.1, 0.15) is 5.56 Å². The van der Waals surface area contributed by atoms with E-state index in [1.165, 1.54) is 0 Å². The quantitative estimate of drug-likeness (QED) is 0.839. The normalized spacial score (nSPS) is 25.0. The highest BCUT2D eigenvalue weighted by Gasteiger charge is 2.38. The number of aryl methyl sites for hydroxylation is 1. The Morgan fingerprint density at radius 2 is 2.12 bits per heavy atom. The molecule has 0 radical (unpaired) electrons. The molecule has 4 heterocycles. The lowest BCUT2D eigenvalue weighted by molar-refractivity contribution is 0.0103. The van der Waals surface area contributed by atoms with E-state index in [0.29, 0.717) is 23.2 Å². The standard InChI is InChI=1S/C18H25N5O2/c1-3-14-11-22(12-16(14)21-6-8-25-9-7-21)18(24)15-10-19-23-5-4-13(2)20-17(15)23/h4-5,10,14,16H,3,6-9,11-12H2,1-2H3/t14-,16+/m0/s1. The Bertz CT molecular complexity index is 768. The summed E-state index contributed by atoms with van der Waals surface area (Å²) >= 11 is 0. The SMILES string of the molecule is CC[C@H]1CN(C(=O)c2cnn3ccc(C)nc23)C[C@H]1N1CCOCC1. The van der Waals surface area contributed by atoms with E-state index in [1.54, 1.807) is 10.7 Å². The summed E-state index contributed by atoms with van der Waals surface area (Å²) in [7, 11) is 0. The third kappa shape index (κ3) is 3.02. The third-order valence-corrected chi connectivity index (χ3v) is 5.47. The number of hydrogen-bond donors (Lipinski definition) is 0. The maximum absolute atomic E-state index is 13.1. The van der Waals surface area contributed by atoms with Crippen LogP contribution in [0, 0.1) is 12.8 Å². The molecule has 0 spiro atoms.